The van der Waals surface area contributed by atoms with E-state index in [9.17, 15) is 4.79 Å². The van der Waals surface area contributed by atoms with Crippen molar-refractivity contribution in [3.05, 3.63) is 23.4 Å². The number of aliphatic hydroxyl groups is 1. The lowest BCUT2D eigenvalue weighted by Gasteiger charge is -2.16. The van der Waals surface area contributed by atoms with Crippen LogP contribution in [0.5, 0.6) is 0 Å². The Balaban J connectivity index is 2.78. The molecule has 0 saturated carbocycles. The molecule has 0 amide bonds. The first kappa shape index (κ1) is 17.4. The van der Waals surface area contributed by atoms with Gasteiger partial charge < -0.3 is 15.5 Å². The van der Waals surface area contributed by atoms with E-state index in [1.807, 2.05) is 6.92 Å². The Labute approximate surface area is 126 Å². The number of nitrogens with zero attached hydrogens (tertiary/aromatic N) is 1. The van der Waals surface area contributed by atoms with Crippen molar-refractivity contribution in [1.29, 1.82) is 0 Å². The largest absolute Gasteiger partial charge is 0.478 e. The predicted octanol–water partition coefficient (Wildman–Crippen LogP) is 2.94. The zero-order valence-electron chi connectivity index (χ0n) is 12.9. The Morgan fingerprint density at radius 1 is 1.29 bits per heavy atom. The normalized spacial score (nSPS) is 12.1. The smallest absolute Gasteiger partial charge is 0.335 e. The maximum Gasteiger partial charge on any atom is 0.335 e. The van der Waals surface area contributed by atoms with Gasteiger partial charge in [-0.3, -0.25) is 0 Å². The summed E-state index contributed by atoms with van der Waals surface area (Å²) in [5.41, 5.74) is 1.07. The first-order valence-corrected chi connectivity index (χ1v) is 7.69. The van der Waals surface area contributed by atoms with Crippen LogP contribution in [0.3, 0.4) is 0 Å². The van der Waals surface area contributed by atoms with Gasteiger partial charge in [-0.1, -0.05) is 26.7 Å². The molecule has 5 nitrogen and oxygen atoms in total. The molecule has 0 saturated heterocycles. The van der Waals surface area contributed by atoms with Gasteiger partial charge in [-0.15, -0.1) is 0 Å². The molecule has 0 aliphatic heterocycles. The lowest BCUT2D eigenvalue weighted by molar-refractivity contribution is 0.0696. The molecule has 0 bridgehead atoms. The Morgan fingerprint density at radius 2 is 2.05 bits per heavy atom. The number of aromatic carboxylic acids is 1. The molecule has 1 heterocycles. The molecule has 5 heteroatoms. The summed E-state index contributed by atoms with van der Waals surface area (Å²) in [6.45, 7) is 5.04. The summed E-state index contributed by atoms with van der Waals surface area (Å²) in [5.74, 6) is 0.0561. The van der Waals surface area contributed by atoms with Gasteiger partial charge in [0, 0.05) is 18.8 Å². The monoisotopic (exact) mass is 294 g/mol. The van der Waals surface area contributed by atoms with Crippen molar-refractivity contribution in [2.75, 3.05) is 18.5 Å². The van der Waals surface area contributed by atoms with E-state index in [2.05, 4.69) is 17.2 Å². The maximum absolute atomic E-state index is 11.2. The molecule has 0 aromatic carbocycles. The first-order valence-electron chi connectivity index (χ1n) is 7.69. The summed E-state index contributed by atoms with van der Waals surface area (Å²) in [6, 6.07) is 3.21. The van der Waals surface area contributed by atoms with Gasteiger partial charge in [0.1, 0.15) is 5.82 Å². The number of hydrogen-bond donors (Lipinski definition) is 3. The van der Waals surface area contributed by atoms with Gasteiger partial charge in [0.2, 0.25) is 0 Å². The minimum atomic E-state index is -0.932. The number of carboxylic acid groups (broad SMARTS) is 1. The number of carbonyl (C=O) groups is 1. The van der Waals surface area contributed by atoms with Crippen molar-refractivity contribution in [3.8, 4) is 0 Å². The van der Waals surface area contributed by atoms with E-state index >= 15 is 0 Å². The molecule has 0 fully saturated rings. The van der Waals surface area contributed by atoms with Crippen LogP contribution >= 0.6 is 0 Å². The number of aryl methyl sites for hydroxylation is 1. The highest BCUT2D eigenvalue weighted by molar-refractivity contribution is 5.88. The van der Waals surface area contributed by atoms with E-state index in [0.717, 1.165) is 37.8 Å². The predicted molar refractivity (Wildman–Crippen MR) is 83.8 cm³/mol. The molecule has 0 radical (unpaired) electrons. The van der Waals surface area contributed by atoms with Gasteiger partial charge >= 0.3 is 5.97 Å². The lowest BCUT2D eigenvalue weighted by Crippen LogP contribution is -2.17. The number of carboxylic acids is 1. The second-order valence-corrected chi connectivity index (χ2v) is 5.34. The van der Waals surface area contributed by atoms with Crippen LogP contribution in [-0.4, -0.2) is 34.3 Å². The summed E-state index contributed by atoms with van der Waals surface area (Å²) in [7, 11) is 0. The van der Waals surface area contributed by atoms with Crippen LogP contribution < -0.4 is 5.32 Å². The summed E-state index contributed by atoms with van der Waals surface area (Å²) >= 11 is 0. The van der Waals surface area contributed by atoms with Crippen LogP contribution in [0.15, 0.2) is 12.1 Å². The number of hydrogen-bond acceptors (Lipinski definition) is 4. The lowest BCUT2D eigenvalue weighted by atomic mass is 10.0. The van der Waals surface area contributed by atoms with E-state index in [1.165, 1.54) is 0 Å². The molecule has 118 valence electrons. The highest BCUT2D eigenvalue weighted by Gasteiger charge is 2.11. The van der Waals surface area contributed by atoms with Crippen molar-refractivity contribution >= 4 is 11.8 Å². The second kappa shape index (κ2) is 9.34. The Hall–Kier alpha value is -1.62. The molecular formula is C16H26N2O3. The molecule has 1 aromatic heterocycles. The standard InChI is InChI=1S/C16H26N2O3/c1-3-5-12(7-8-19)11-17-15-10-13(16(20)21)9-14(18-15)6-4-2/h9-10,12,19H,3-8,11H2,1-2H3,(H,17,18)(H,20,21). The number of aliphatic hydroxyl groups excluding tert-OH is 1. The number of rotatable bonds is 10. The van der Waals surface area contributed by atoms with Gasteiger partial charge in [0.25, 0.3) is 0 Å². The molecule has 0 spiro atoms. The summed E-state index contributed by atoms with van der Waals surface area (Å²) < 4.78 is 0. The van der Waals surface area contributed by atoms with Crippen LogP contribution in [0, 0.1) is 5.92 Å². The van der Waals surface area contributed by atoms with Gasteiger partial charge in [-0.2, -0.15) is 0 Å². The minimum Gasteiger partial charge on any atom is -0.478 e. The fraction of sp³-hybridized carbons (Fsp3) is 0.625. The molecule has 1 aromatic rings. The molecule has 0 aliphatic carbocycles. The highest BCUT2D eigenvalue weighted by Crippen LogP contribution is 2.15. The fourth-order valence-electron chi connectivity index (χ4n) is 2.37. The van der Waals surface area contributed by atoms with Gasteiger partial charge in [-0.25, -0.2) is 9.78 Å². The van der Waals surface area contributed by atoms with Crippen LogP contribution in [0.2, 0.25) is 0 Å². The van der Waals surface area contributed by atoms with Crippen molar-refractivity contribution in [3.63, 3.8) is 0 Å². The van der Waals surface area contributed by atoms with E-state index in [0.29, 0.717) is 18.3 Å². The van der Waals surface area contributed by atoms with E-state index in [1.54, 1.807) is 12.1 Å². The second-order valence-electron chi connectivity index (χ2n) is 5.34. The van der Waals surface area contributed by atoms with Crippen LogP contribution in [0.1, 0.15) is 55.6 Å². The minimum absolute atomic E-state index is 0.177. The van der Waals surface area contributed by atoms with Crippen molar-refractivity contribution in [1.82, 2.24) is 4.98 Å². The zero-order chi connectivity index (χ0) is 15.7. The first-order chi connectivity index (χ1) is 10.1. The highest BCUT2D eigenvalue weighted by atomic mass is 16.4. The number of aromatic nitrogens is 1. The maximum atomic E-state index is 11.2. The average Bonchev–Trinajstić information content (AvgIpc) is 2.45. The molecule has 0 aliphatic rings. The van der Waals surface area contributed by atoms with Crippen LogP contribution in [-0.2, 0) is 6.42 Å². The molecule has 3 N–H and O–H groups in total. The van der Waals surface area contributed by atoms with Crippen LogP contribution in [0.4, 0.5) is 5.82 Å². The van der Waals surface area contributed by atoms with E-state index in [-0.39, 0.29) is 12.2 Å². The third-order valence-electron chi connectivity index (χ3n) is 3.44. The van der Waals surface area contributed by atoms with E-state index in [4.69, 9.17) is 10.2 Å². The third kappa shape index (κ3) is 6.12. The molecule has 1 atom stereocenters. The van der Waals surface area contributed by atoms with E-state index < -0.39 is 5.97 Å². The molecule has 1 unspecified atom stereocenters. The summed E-state index contributed by atoms with van der Waals surface area (Å²) in [5, 5.41) is 21.5. The summed E-state index contributed by atoms with van der Waals surface area (Å²) in [6.07, 6.45) is 4.55. The van der Waals surface area contributed by atoms with Crippen molar-refractivity contribution in [2.45, 2.75) is 46.0 Å². The number of pyridine rings is 1. The van der Waals surface area contributed by atoms with Crippen molar-refractivity contribution in [2.24, 2.45) is 5.92 Å². The average molecular weight is 294 g/mol. The van der Waals surface area contributed by atoms with Crippen molar-refractivity contribution < 1.29 is 15.0 Å². The van der Waals surface area contributed by atoms with Gasteiger partial charge in [-0.05, 0) is 37.3 Å². The third-order valence-corrected chi connectivity index (χ3v) is 3.44. The fourth-order valence-corrected chi connectivity index (χ4v) is 2.37. The quantitative estimate of drug-likeness (QED) is 0.618. The summed E-state index contributed by atoms with van der Waals surface area (Å²) in [4.78, 5) is 15.6. The molecule has 21 heavy (non-hydrogen) atoms. The number of anilines is 1. The Morgan fingerprint density at radius 3 is 2.62 bits per heavy atom. The topological polar surface area (TPSA) is 82.5 Å². The molecular weight excluding hydrogens is 268 g/mol. The van der Waals surface area contributed by atoms with Crippen LogP contribution in [0.25, 0.3) is 0 Å². The number of nitrogens with one attached hydrogen (secondary N) is 1. The van der Waals surface area contributed by atoms with Gasteiger partial charge in [0.05, 0.1) is 5.56 Å². The SMILES string of the molecule is CCCc1cc(C(=O)O)cc(NCC(CCC)CCO)n1. The zero-order valence-corrected chi connectivity index (χ0v) is 12.9. The Bertz CT molecular complexity index is 443. The molecule has 1 rings (SSSR count). The van der Waals surface area contributed by atoms with Gasteiger partial charge in [0.15, 0.2) is 0 Å². The Kier molecular flexibility index (Phi) is 7.75.